The van der Waals surface area contributed by atoms with Gasteiger partial charge in [0.1, 0.15) is 5.82 Å². The van der Waals surface area contributed by atoms with Gasteiger partial charge in [-0.2, -0.15) is 0 Å². The maximum atomic E-state index is 11.0. The maximum Gasteiger partial charge on any atom is 0.165 e. The number of aromatic nitrogens is 1. The normalized spacial score (nSPS) is 9.83. The molecule has 62 valence electrons. The van der Waals surface area contributed by atoms with Crippen LogP contribution >= 0.6 is 15.9 Å². The Hall–Kier alpha value is -0.835. The summed E-state index contributed by atoms with van der Waals surface area (Å²) in [7, 11) is 1.82. The van der Waals surface area contributed by atoms with Crippen molar-refractivity contribution in [3.63, 3.8) is 0 Å². The van der Waals surface area contributed by atoms with Crippen molar-refractivity contribution in [2.75, 3.05) is 5.73 Å². The largest absolute Gasteiger partial charge is 0.383 e. The lowest BCUT2D eigenvalue weighted by molar-refractivity contribution is 0.101. The molecule has 0 spiro atoms. The van der Waals surface area contributed by atoms with Gasteiger partial charge in [-0.15, -0.1) is 0 Å². The zero-order valence-electron chi connectivity index (χ0n) is 6.89. The molecule has 1 aromatic heterocycles. The van der Waals surface area contributed by atoms with Crippen LogP contribution in [0.4, 0.5) is 5.82 Å². The van der Waals surface area contributed by atoms with Crippen LogP contribution < -0.4 is 11.3 Å². The second-order valence-corrected chi connectivity index (χ2v) is 3.40. The first-order valence-corrected chi connectivity index (χ1v) is 4.25. The molecule has 1 rings (SSSR count). The highest BCUT2D eigenvalue weighted by Gasteiger charge is 2.08. The van der Waals surface area contributed by atoms with Crippen LogP contribution in [0.25, 0.3) is 0 Å². The number of nitrogens with two attached hydrogens (primary N) is 1. The van der Waals surface area contributed by atoms with Crippen molar-refractivity contribution >= 4 is 41.0 Å². The van der Waals surface area contributed by atoms with Crippen molar-refractivity contribution < 1.29 is 4.79 Å². The smallest absolute Gasteiger partial charge is 0.165 e. The van der Waals surface area contributed by atoms with Gasteiger partial charge >= 0.3 is 0 Å². The number of halogens is 1. The topological polar surface area (TPSA) is 56.0 Å². The van der Waals surface area contributed by atoms with Crippen molar-refractivity contribution in [2.45, 2.75) is 6.92 Å². The molecule has 1 heterocycles. The summed E-state index contributed by atoms with van der Waals surface area (Å²) in [6.07, 6.45) is 0. The van der Waals surface area contributed by atoms with E-state index in [1.54, 1.807) is 6.07 Å². The lowest BCUT2D eigenvalue weighted by Gasteiger charge is -2.03. The molecule has 12 heavy (non-hydrogen) atoms. The van der Waals surface area contributed by atoms with Gasteiger partial charge < -0.3 is 5.73 Å². The van der Waals surface area contributed by atoms with Crippen molar-refractivity contribution in [3.05, 3.63) is 16.1 Å². The average Bonchev–Trinajstić information content (AvgIpc) is 1.96. The highest BCUT2D eigenvalue weighted by Crippen LogP contribution is 2.13. The summed E-state index contributed by atoms with van der Waals surface area (Å²) in [4.78, 5) is 15.0. The van der Waals surface area contributed by atoms with Crippen molar-refractivity contribution in [3.8, 4) is 0 Å². The van der Waals surface area contributed by atoms with Gasteiger partial charge in [0, 0.05) is 10.1 Å². The van der Waals surface area contributed by atoms with Crippen LogP contribution in [0, 0.1) is 0 Å². The fraction of sp³-hybridized carbons (Fsp3) is 0.143. The van der Waals surface area contributed by atoms with E-state index in [0.29, 0.717) is 11.4 Å². The fourth-order valence-electron chi connectivity index (χ4n) is 0.881. The second-order valence-electron chi connectivity index (χ2n) is 2.54. The minimum atomic E-state index is -0.0688. The van der Waals surface area contributed by atoms with E-state index < -0.39 is 0 Å². The number of nitrogens with zero attached hydrogens (tertiary/aromatic N) is 1. The van der Waals surface area contributed by atoms with Gasteiger partial charge in [0.25, 0.3) is 0 Å². The molecule has 0 bridgehead atoms. The Kier molecular flexibility index (Phi) is 2.52. The van der Waals surface area contributed by atoms with E-state index in [2.05, 4.69) is 20.9 Å². The lowest BCUT2D eigenvalue weighted by atomic mass is 10.0. The molecule has 5 heteroatoms. The molecular weight excluding hydrogens is 219 g/mol. The van der Waals surface area contributed by atoms with Crippen LogP contribution in [-0.4, -0.2) is 18.6 Å². The van der Waals surface area contributed by atoms with Crippen molar-refractivity contribution in [2.24, 2.45) is 0 Å². The van der Waals surface area contributed by atoms with Crippen LogP contribution in [0.5, 0.6) is 0 Å². The number of carbonyl (C=O) groups excluding carboxylic acids is 1. The van der Waals surface area contributed by atoms with Crippen LogP contribution in [0.15, 0.2) is 10.5 Å². The highest BCUT2D eigenvalue weighted by atomic mass is 79.9. The van der Waals surface area contributed by atoms with Gasteiger partial charge in [0.05, 0.1) is 5.56 Å². The first kappa shape index (κ1) is 9.25. The molecule has 3 nitrogen and oxygen atoms in total. The summed E-state index contributed by atoms with van der Waals surface area (Å²) in [5, 5.41) is 0. The number of rotatable bonds is 1. The third-order valence-corrected chi connectivity index (χ3v) is 2.36. The van der Waals surface area contributed by atoms with Crippen LogP contribution in [0.2, 0.25) is 0 Å². The minimum Gasteiger partial charge on any atom is -0.383 e. The molecule has 0 saturated carbocycles. The molecule has 0 aliphatic rings. The number of pyridine rings is 1. The number of anilines is 1. The third-order valence-electron chi connectivity index (χ3n) is 1.56. The molecule has 0 fully saturated rings. The van der Waals surface area contributed by atoms with Crippen LogP contribution in [-0.2, 0) is 0 Å². The third kappa shape index (κ3) is 1.66. The molecule has 0 unspecified atom stereocenters. The summed E-state index contributed by atoms with van der Waals surface area (Å²) in [6, 6.07) is 1.69. The number of nitrogen functional groups attached to an aromatic ring is 1. The SMILES string of the molecule is Bc1nc(N)c(C(C)=O)cc1Br. The van der Waals surface area contributed by atoms with Gasteiger partial charge in [-0.1, -0.05) is 0 Å². The zero-order chi connectivity index (χ0) is 9.30. The van der Waals surface area contributed by atoms with Gasteiger partial charge in [-0.25, -0.2) is 4.98 Å². The average molecular weight is 227 g/mol. The quantitative estimate of drug-likeness (QED) is 0.537. The Morgan fingerprint density at radius 2 is 2.33 bits per heavy atom. The van der Waals surface area contributed by atoms with Gasteiger partial charge in [-0.05, 0) is 28.9 Å². The molecule has 0 amide bonds. The molecule has 0 radical (unpaired) electrons. The standard InChI is InChI=1S/C7H8BBrN2O/c1-3(12)4-2-5(9)6(8)11-7(4)10/h2H,8H2,1H3,(H2,10,11). The Balaban J connectivity index is 3.33. The molecule has 1 aromatic rings. The fourth-order valence-corrected chi connectivity index (χ4v) is 1.20. The number of Topliss-reactive ketones (excluding diaryl/α,β-unsaturated/α-hetero) is 1. The summed E-state index contributed by atoms with van der Waals surface area (Å²) in [5.41, 5.74) is 6.79. The predicted octanol–water partition coefficient (Wildman–Crippen LogP) is -0.113. The first-order chi connectivity index (χ1) is 5.52. The predicted molar refractivity (Wildman–Crippen MR) is 54.5 cm³/mol. The summed E-state index contributed by atoms with van der Waals surface area (Å²) in [5.74, 6) is 0.226. The number of hydrogen-bond acceptors (Lipinski definition) is 3. The zero-order valence-corrected chi connectivity index (χ0v) is 8.47. The first-order valence-electron chi connectivity index (χ1n) is 3.46. The van der Waals surface area contributed by atoms with Gasteiger partial charge in [0.2, 0.25) is 0 Å². The van der Waals surface area contributed by atoms with E-state index in [1.165, 1.54) is 6.92 Å². The molecule has 2 N–H and O–H groups in total. The lowest BCUT2D eigenvalue weighted by Crippen LogP contribution is -2.15. The summed E-state index contributed by atoms with van der Waals surface area (Å²) < 4.78 is 0.807. The Morgan fingerprint density at radius 1 is 1.75 bits per heavy atom. The molecular formula is C7H8BBrN2O. The summed E-state index contributed by atoms with van der Waals surface area (Å²) >= 11 is 3.28. The maximum absolute atomic E-state index is 11.0. The van der Waals surface area contributed by atoms with E-state index in [9.17, 15) is 4.79 Å². The Bertz CT molecular complexity index is 340. The molecule has 0 aliphatic carbocycles. The van der Waals surface area contributed by atoms with E-state index in [0.717, 1.165) is 10.1 Å². The second kappa shape index (κ2) is 3.27. The van der Waals surface area contributed by atoms with Crippen molar-refractivity contribution in [1.29, 1.82) is 0 Å². The van der Waals surface area contributed by atoms with E-state index in [-0.39, 0.29) is 5.78 Å². The van der Waals surface area contributed by atoms with Crippen LogP contribution in [0.3, 0.4) is 0 Å². The number of carbonyl (C=O) groups is 1. The summed E-state index contributed by atoms with van der Waals surface area (Å²) in [6.45, 7) is 1.47. The molecule has 0 aromatic carbocycles. The van der Waals surface area contributed by atoms with Crippen LogP contribution in [0.1, 0.15) is 17.3 Å². The van der Waals surface area contributed by atoms with Gasteiger partial charge in [0.15, 0.2) is 13.6 Å². The van der Waals surface area contributed by atoms with Crippen molar-refractivity contribution in [1.82, 2.24) is 4.98 Å². The van der Waals surface area contributed by atoms with Gasteiger partial charge in [-0.3, -0.25) is 4.79 Å². The molecule has 0 saturated heterocycles. The van der Waals surface area contributed by atoms with E-state index in [4.69, 9.17) is 5.73 Å². The monoisotopic (exact) mass is 226 g/mol. The molecule has 0 aliphatic heterocycles. The number of ketones is 1. The Labute approximate surface area is 79.9 Å². The molecule has 0 atom stereocenters. The highest BCUT2D eigenvalue weighted by molar-refractivity contribution is 9.10. The Morgan fingerprint density at radius 3 is 2.83 bits per heavy atom. The number of hydrogen-bond donors (Lipinski definition) is 1. The van der Waals surface area contributed by atoms with E-state index in [1.807, 2.05) is 7.85 Å². The van der Waals surface area contributed by atoms with E-state index >= 15 is 0 Å². The minimum absolute atomic E-state index is 0.0688.